The number of nitrogens with one attached hydrogen (secondary N) is 3. The summed E-state index contributed by atoms with van der Waals surface area (Å²) in [7, 11) is 0. The second-order valence-corrected chi connectivity index (χ2v) is 4.86. The number of carbonyl (C=O) groups excluding carboxylic acids is 3. The van der Waals surface area contributed by atoms with E-state index in [1.54, 1.807) is 0 Å². The van der Waals surface area contributed by atoms with Crippen LogP contribution in [0.15, 0.2) is 0 Å². The van der Waals surface area contributed by atoms with Gasteiger partial charge in [-0.3, -0.25) is 19.2 Å². The van der Waals surface area contributed by atoms with Crippen LogP contribution in [-0.2, 0) is 19.2 Å². The van der Waals surface area contributed by atoms with Crippen LogP contribution in [-0.4, -0.2) is 64.7 Å². The monoisotopic (exact) mass is 318 g/mol. The molecule has 0 bridgehead atoms. The van der Waals surface area contributed by atoms with Gasteiger partial charge in [0.25, 0.3) is 0 Å². The van der Waals surface area contributed by atoms with Crippen LogP contribution in [0.4, 0.5) is 0 Å². The Morgan fingerprint density at radius 2 is 1.59 bits per heavy atom. The van der Waals surface area contributed by atoms with Crippen LogP contribution in [0.1, 0.15) is 20.8 Å². The molecule has 7 N–H and O–H groups in total. The van der Waals surface area contributed by atoms with Gasteiger partial charge in [0.15, 0.2) is 0 Å². The van der Waals surface area contributed by atoms with Crippen molar-refractivity contribution in [2.24, 2.45) is 5.73 Å². The number of nitrogens with two attached hydrogens (primary N) is 1. The van der Waals surface area contributed by atoms with Crippen molar-refractivity contribution in [1.29, 1.82) is 0 Å². The summed E-state index contributed by atoms with van der Waals surface area (Å²) < 4.78 is 0. The topological polar surface area (TPSA) is 171 Å². The van der Waals surface area contributed by atoms with Gasteiger partial charge in [0, 0.05) is 0 Å². The molecule has 126 valence electrons. The summed E-state index contributed by atoms with van der Waals surface area (Å²) in [5.41, 5.74) is 5.30. The Bertz CT molecular complexity index is 437. The lowest BCUT2D eigenvalue weighted by molar-refractivity contribution is -0.142. The molecule has 0 rings (SSSR count). The van der Waals surface area contributed by atoms with E-state index in [4.69, 9.17) is 10.8 Å². The molecule has 0 aliphatic rings. The van der Waals surface area contributed by atoms with E-state index in [1.165, 1.54) is 20.8 Å². The standard InChI is InChI=1S/C12H22N4O6/c1-5(13)10(19)14-4-8(18)16-9(7(3)17)11(20)15-6(2)12(21)22/h5-7,9,17H,4,13H2,1-3H3,(H,14,19)(H,15,20)(H,16,18)(H,21,22). The fourth-order valence-electron chi connectivity index (χ4n) is 1.32. The lowest BCUT2D eigenvalue weighted by Crippen LogP contribution is -2.56. The van der Waals surface area contributed by atoms with Gasteiger partial charge in [-0.15, -0.1) is 0 Å². The fourth-order valence-corrected chi connectivity index (χ4v) is 1.32. The molecule has 0 spiro atoms. The van der Waals surface area contributed by atoms with Crippen molar-refractivity contribution < 1.29 is 29.4 Å². The van der Waals surface area contributed by atoms with Gasteiger partial charge in [-0.1, -0.05) is 0 Å². The number of aliphatic hydroxyl groups excluding tert-OH is 1. The Morgan fingerprint density at radius 3 is 2.00 bits per heavy atom. The van der Waals surface area contributed by atoms with Gasteiger partial charge in [0.2, 0.25) is 17.7 Å². The number of aliphatic carboxylic acids is 1. The van der Waals surface area contributed by atoms with Crippen molar-refractivity contribution in [2.75, 3.05) is 6.54 Å². The third-order valence-corrected chi connectivity index (χ3v) is 2.65. The van der Waals surface area contributed by atoms with Gasteiger partial charge in [0.05, 0.1) is 18.7 Å². The number of rotatable bonds is 8. The zero-order chi connectivity index (χ0) is 17.4. The molecule has 0 aromatic rings. The smallest absolute Gasteiger partial charge is 0.325 e. The molecule has 4 unspecified atom stereocenters. The highest BCUT2D eigenvalue weighted by Crippen LogP contribution is 1.95. The summed E-state index contributed by atoms with van der Waals surface area (Å²) in [6.45, 7) is 3.51. The number of carboxylic acid groups (broad SMARTS) is 1. The van der Waals surface area contributed by atoms with Crippen LogP contribution in [0.2, 0.25) is 0 Å². The van der Waals surface area contributed by atoms with Crippen molar-refractivity contribution >= 4 is 23.7 Å². The van der Waals surface area contributed by atoms with Crippen molar-refractivity contribution in [3.05, 3.63) is 0 Å². The van der Waals surface area contributed by atoms with Gasteiger partial charge in [-0.2, -0.15) is 0 Å². The quantitative estimate of drug-likeness (QED) is 0.275. The molecule has 0 aliphatic carbocycles. The molecular weight excluding hydrogens is 296 g/mol. The minimum atomic E-state index is -1.35. The summed E-state index contributed by atoms with van der Waals surface area (Å²) in [5, 5.41) is 24.8. The highest BCUT2D eigenvalue weighted by Gasteiger charge is 2.28. The van der Waals surface area contributed by atoms with Gasteiger partial charge >= 0.3 is 5.97 Å². The van der Waals surface area contributed by atoms with E-state index in [1.807, 2.05) is 0 Å². The molecule has 3 amide bonds. The Kier molecular flexibility index (Phi) is 8.05. The molecule has 4 atom stereocenters. The molecule has 10 nitrogen and oxygen atoms in total. The summed E-state index contributed by atoms with van der Waals surface area (Å²) >= 11 is 0. The summed E-state index contributed by atoms with van der Waals surface area (Å²) in [6, 6.07) is -3.31. The number of amides is 3. The van der Waals surface area contributed by atoms with Gasteiger partial charge in [-0.25, -0.2) is 0 Å². The van der Waals surface area contributed by atoms with E-state index < -0.39 is 54.5 Å². The second kappa shape index (κ2) is 8.95. The fraction of sp³-hybridized carbons (Fsp3) is 0.667. The van der Waals surface area contributed by atoms with Gasteiger partial charge < -0.3 is 31.9 Å². The molecule has 0 aliphatic heterocycles. The van der Waals surface area contributed by atoms with E-state index in [-0.39, 0.29) is 0 Å². The average Bonchev–Trinajstić information content (AvgIpc) is 2.40. The first-order chi connectivity index (χ1) is 10.1. The van der Waals surface area contributed by atoms with Crippen molar-refractivity contribution in [3.8, 4) is 0 Å². The maximum absolute atomic E-state index is 11.8. The van der Waals surface area contributed by atoms with Crippen LogP contribution in [0, 0.1) is 0 Å². The van der Waals surface area contributed by atoms with Crippen LogP contribution >= 0.6 is 0 Å². The third-order valence-electron chi connectivity index (χ3n) is 2.65. The molecule has 0 saturated heterocycles. The molecule has 0 radical (unpaired) electrons. The SMILES string of the molecule is CC(N)C(=O)NCC(=O)NC(C(=O)NC(C)C(=O)O)C(C)O. The highest BCUT2D eigenvalue weighted by atomic mass is 16.4. The van der Waals surface area contributed by atoms with Crippen LogP contribution in [0.3, 0.4) is 0 Å². The van der Waals surface area contributed by atoms with Gasteiger partial charge in [-0.05, 0) is 20.8 Å². The lowest BCUT2D eigenvalue weighted by atomic mass is 10.1. The lowest BCUT2D eigenvalue weighted by Gasteiger charge is -2.22. The Labute approximate surface area is 127 Å². The molecule has 0 fully saturated rings. The number of carbonyl (C=O) groups is 4. The van der Waals surface area contributed by atoms with Crippen LogP contribution in [0.5, 0.6) is 0 Å². The minimum absolute atomic E-state index is 0.425. The van der Waals surface area contributed by atoms with Crippen LogP contribution < -0.4 is 21.7 Å². The molecular formula is C12H22N4O6. The minimum Gasteiger partial charge on any atom is -0.480 e. The molecule has 10 heteroatoms. The average molecular weight is 318 g/mol. The highest BCUT2D eigenvalue weighted by molar-refractivity contribution is 5.92. The largest absolute Gasteiger partial charge is 0.480 e. The predicted octanol–water partition coefficient (Wildman–Crippen LogP) is -3.10. The third kappa shape index (κ3) is 6.99. The summed E-state index contributed by atoms with van der Waals surface area (Å²) in [5.74, 6) is -3.38. The number of aliphatic hydroxyl groups is 1. The first-order valence-electron chi connectivity index (χ1n) is 6.60. The first-order valence-corrected chi connectivity index (χ1v) is 6.60. The number of carboxylic acids is 1. The van der Waals surface area contributed by atoms with Crippen molar-refractivity contribution in [3.63, 3.8) is 0 Å². The number of hydrogen-bond acceptors (Lipinski definition) is 6. The van der Waals surface area contributed by atoms with E-state index in [2.05, 4.69) is 16.0 Å². The second-order valence-electron chi connectivity index (χ2n) is 4.86. The molecule has 22 heavy (non-hydrogen) atoms. The van der Waals surface area contributed by atoms with Crippen LogP contribution in [0.25, 0.3) is 0 Å². The zero-order valence-electron chi connectivity index (χ0n) is 12.6. The Morgan fingerprint density at radius 1 is 1.05 bits per heavy atom. The Balaban J connectivity index is 4.58. The molecule has 0 aromatic carbocycles. The van der Waals surface area contributed by atoms with Crippen molar-refractivity contribution in [2.45, 2.75) is 45.0 Å². The molecule has 0 saturated carbocycles. The van der Waals surface area contributed by atoms with E-state index in [0.29, 0.717) is 0 Å². The van der Waals surface area contributed by atoms with Gasteiger partial charge in [0.1, 0.15) is 12.1 Å². The van der Waals surface area contributed by atoms with E-state index in [0.717, 1.165) is 0 Å². The van der Waals surface area contributed by atoms with E-state index in [9.17, 15) is 24.3 Å². The van der Waals surface area contributed by atoms with Crippen molar-refractivity contribution in [1.82, 2.24) is 16.0 Å². The molecule has 0 aromatic heterocycles. The first kappa shape index (κ1) is 19.8. The normalized spacial score (nSPS) is 15.9. The molecule has 0 heterocycles. The zero-order valence-corrected chi connectivity index (χ0v) is 12.6. The predicted molar refractivity (Wildman–Crippen MR) is 75.5 cm³/mol. The maximum Gasteiger partial charge on any atom is 0.325 e. The summed E-state index contributed by atoms with van der Waals surface area (Å²) in [6.07, 6.45) is -1.26. The number of hydrogen-bond donors (Lipinski definition) is 6. The summed E-state index contributed by atoms with van der Waals surface area (Å²) in [4.78, 5) is 45.3. The Hall–Kier alpha value is -2.20. The maximum atomic E-state index is 11.8. The van der Waals surface area contributed by atoms with E-state index >= 15 is 0 Å².